The Morgan fingerprint density at radius 2 is 1.78 bits per heavy atom. The van der Waals surface area contributed by atoms with Gasteiger partial charge in [0, 0.05) is 27.8 Å². The monoisotopic (exact) mass is 304 g/mol. The fourth-order valence-corrected chi connectivity index (χ4v) is 2.84. The van der Waals surface area contributed by atoms with Crippen LogP contribution in [0.25, 0.3) is 22.6 Å². The van der Waals surface area contributed by atoms with E-state index in [-0.39, 0.29) is 5.91 Å². The number of aromatic nitrogens is 1. The van der Waals surface area contributed by atoms with Crippen molar-refractivity contribution in [3.63, 3.8) is 0 Å². The molecule has 0 unspecified atom stereocenters. The van der Waals surface area contributed by atoms with Crippen LogP contribution < -0.4 is 5.32 Å². The molecule has 23 heavy (non-hydrogen) atoms. The molecule has 0 radical (unpaired) electrons. The number of aryl methyl sites for hydroxylation is 1. The molecular formula is C20H20N2O. The number of benzene rings is 2. The van der Waals surface area contributed by atoms with Crippen LogP contribution >= 0.6 is 0 Å². The molecule has 2 N–H and O–H groups in total. The van der Waals surface area contributed by atoms with E-state index in [4.69, 9.17) is 0 Å². The number of carbonyl (C=O) groups excluding carboxylic acids is 1. The summed E-state index contributed by atoms with van der Waals surface area (Å²) in [6.07, 6.45) is 1.92. The predicted molar refractivity (Wildman–Crippen MR) is 97.3 cm³/mol. The highest BCUT2D eigenvalue weighted by Crippen LogP contribution is 2.33. The summed E-state index contributed by atoms with van der Waals surface area (Å²) in [5.74, 6) is -0.0495. The van der Waals surface area contributed by atoms with Gasteiger partial charge >= 0.3 is 0 Å². The molecule has 0 aliphatic carbocycles. The average molecular weight is 304 g/mol. The first-order valence-electron chi connectivity index (χ1n) is 7.93. The maximum absolute atomic E-state index is 12.1. The zero-order chi connectivity index (χ0) is 16.4. The van der Waals surface area contributed by atoms with Crippen molar-refractivity contribution in [1.82, 2.24) is 4.98 Å². The van der Waals surface area contributed by atoms with E-state index in [0.29, 0.717) is 5.57 Å². The second kappa shape index (κ2) is 6.13. The van der Waals surface area contributed by atoms with Crippen molar-refractivity contribution < 1.29 is 4.79 Å². The van der Waals surface area contributed by atoms with E-state index < -0.39 is 0 Å². The number of fused-ring (bicyclic) bond motifs is 2. The molecule has 3 heteroatoms. The van der Waals surface area contributed by atoms with Gasteiger partial charge in [0.1, 0.15) is 0 Å². The summed E-state index contributed by atoms with van der Waals surface area (Å²) in [4.78, 5) is 15.5. The molecule has 0 saturated heterocycles. The first kappa shape index (κ1) is 15.1. The van der Waals surface area contributed by atoms with Crippen LogP contribution in [0.1, 0.15) is 30.7 Å². The lowest BCUT2D eigenvalue weighted by molar-refractivity contribution is -0.110. The molecule has 1 aliphatic rings. The van der Waals surface area contributed by atoms with E-state index in [1.54, 1.807) is 0 Å². The van der Waals surface area contributed by atoms with Gasteiger partial charge in [-0.2, -0.15) is 0 Å². The summed E-state index contributed by atoms with van der Waals surface area (Å²) in [6.45, 7) is 6.08. The first-order valence-corrected chi connectivity index (χ1v) is 7.93. The number of nitrogens with one attached hydrogen (secondary N) is 2. The minimum atomic E-state index is -0.0495. The molecule has 0 bridgehead atoms. The summed E-state index contributed by atoms with van der Waals surface area (Å²) in [6, 6.07) is 16.0. The number of hydrogen-bond donors (Lipinski definition) is 2. The summed E-state index contributed by atoms with van der Waals surface area (Å²) in [5, 5.41) is 4.05. The molecule has 2 aromatic carbocycles. The van der Waals surface area contributed by atoms with Crippen molar-refractivity contribution in [1.29, 1.82) is 0 Å². The van der Waals surface area contributed by atoms with Gasteiger partial charge in [-0.15, -0.1) is 0 Å². The molecule has 116 valence electrons. The fraction of sp³-hybridized carbons (Fsp3) is 0.150. The van der Waals surface area contributed by atoms with Crippen LogP contribution in [0.15, 0.2) is 48.5 Å². The largest absolute Gasteiger partial charge is 0.355 e. The van der Waals surface area contributed by atoms with Crippen LogP contribution in [-0.4, -0.2) is 10.9 Å². The van der Waals surface area contributed by atoms with Crippen LogP contribution in [0.3, 0.4) is 0 Å². The normalized spacial score (nSPS) is 14.4. The van der Waals surface area contributed by atoms with Gasteiger partial charge in [0.05, 0.1) is 5.57 Å². The number of rotatable bonds is 1. The minimum absolute atomic E-state index is 0.0495. The molecular weight excluding hydrogens is 284 g/mol. The topological polar surface area (TPSA) is 44.9 Å². The number of para-hydroxylation sites is 2. The highest BCUT2D eigenvalue weighted by Gasteiger charge is 2.23. The minimum Gasteiger partial charge on any atom is -0.355 e. The highest BCUT2D eigenvalue weighted by molar-refractivity contribution is 6.34. The van der Waals surface area contributed by atoms with Gasteiger partial charge in [0.2, 0.25) is 0 Å². The Kier molecular flexibility index (Phi) is 4.02. The summed E-state index contributed by atoms with van der Waals surface area (Å²) in [5.41, 5.74) is 5.80. The lowest BCUT2D eigenvalue weighted by atomic mass is 10.1. The van der Waals surface area contributed by atoms with Crippen molar-refractivity contribution in [2.24, 2.45) is 0 Å². The van der Waals surface area contributed by atoms with E-state index in [0.717, 1.165) is 27.8 Å². The number of amides is 1. The van der Waals surface area contributed by atoms with Crippen LogP contribution in [0, 0.1) is 6.92 Å². The Bertz CT molecular complexity index is 903. The highest BCUT2D eigenvalue weighted by atomic mass is 16.2. The number of hydrogen-bond acceptors (Lipinski definition) is 1. The van der Waals surface area contributed by atoms with Gasteiger partial charge in [-0.25, -0.2) is 0 Å². The van der Waals surface area contributed by atoms with Crippen molar-refractivity contribution in [3.8, 4) is 0 Å². The smallest absolute Gasteiger partial charge is 0.256 e. The van der Waals surface area contributed by atoms with Crippen molar-refractivity contribution in [3.05, 3.63) is 65.4 Å². The first-order chi connectivity index (χ1) is 11.2. The molecule has 0 saturated carbocycles. The predicted octanol–water partition coefficient (Wildman–Crippen LogP) is 5.00. The SMILES string of the molecule is CC.Cc1cccc2cc(/C=C3\C(=O)Nc4ccccc43)[nH]c12. The van der Waals surface area contributed by atoms with Crippen LogP contribution in [-0.2, 0) is 4.79 Å². The lowest BCUT2D eigenvalue weighted by Gasteiger charge is -1.96. The maximum atomic E-state index is 12.1. The summed E-state index contributed by atoms with van der Waals surface area (Å²) < 4.78 is 0. The quantitative estimate of drug-likeness (QED) is 0.611. The zero-order valence-corrected chi connectivity index (χ0v) is 13.6. The molecule has 3 nitrogen and oxygen atoms in total. The van der Waals surface area contributed by atoms with Crippen molar-refractivity contribution in [2.45, 2.75) is 20.8 Å². The third kappa shape index (κ3) is 2.66. The van der Waals surface area contributed by atoms with Gasteiger partial charge in [-0.05, 0) is 30.7 Å². The molecule has 3 aromatic rings. The standard InChI is InChI=1S/C18H14N2O.C2H6/c1-11-5-4-6-12-9-13(19-17(11)12)10-15-14-7-2-3-8-16(14)20-18(15)21;1-2/h2-10,19H,1H3,(H,20,21);1-2H3/b15-10-;. The van der Waals surface area contributed by atoms with Gasteiger partial charge < -0.3 is 10.3 Å². The Morgan fingerprint density at radius 3 is 2.57 bits per heavy atom. The third-order valence-corrected chi connectivity index (χ3v) is 3.90. The Hall–Kier alpha value is -2.81. The van der Waals surface area contributed by atoms with Crippen LogP contribution in [0.5, 0.6) is 0 Å². The molecule has 1 amide bonds. The molecule has 0 fully saturated rings. The maximum Gasteiger partial charge on any atom is 0.256 e. The van der Waals surface area contributed by atoms with Crippen molar-refractivity contribution in [2.75, 3.05) is 5.32 Å². The summed E-state index contributed by atoms with van der Waals surface area (Å²) in [7, 11) is 0. The Morgan fingerprint density at radius 1 is 1.00 bits per heavy atom. The zero-order valence-electron chi connectivity index (χ0n) is 13.6. The van der Waals surface area contributed by atoms with Crippen LogP contribution in [0.4, 0.5) is 5.69 Å². The van der Waals surface area contributed by atoms with E-state index in [1.165, 1.54) is 5.56 Å². The van der Waals surface area contributed by atoms with Gasteiger partial charge in [-0.3, -0.25) is 4.79 Å². The second-order valence-corrected chi connectivity index (χ2v) is 5.32. The number of anilines is 1. The van der Waals surface area contributed by atoms with Crippen LogP contribution in [0.2, 0.25) is 0 Å². The number of aromatic amines is 1. The van der Waals surface area contributed by atoms with E-state index in [2.05, 4.69) is 35.4 Å². The van der Waals surface area contributed by atoms with E-state index in [9.17, 15) is 4.79 Å². The third-order valence-electron chi connectivity index (χ3n) is 3.90. The second-order valence-electron chi connectivity index (χ2n) is 5.32. The molecule has 1 aromatic heterocycles. The Labute approximate surface area is 136 Å². The van der Waals surface area contributed by atoms with Gasteiger partial charge in [0.15, 0.2) is 0 Å². The van der Waals surface area contributed by atoms with E-state index >= 15 is 0 Å². The van der Waals surface area contributed by atoms with Crippen molar-refractivity contribution >= 4 is 34.1 Å². The number of H-pyrrole nitrogens is 1. The average Bonchev–Trinajstić information content (AvgIpc) is 3.12. The Balaban J connectivity index is 0.000000753. The molecule has 0 spiro atoms. The fourth-order valence-electron chi connectivity index (χ4n) is 2.84. The lowest BCUT2D eigenvalue weighted by Crippen LogP contribution is -2.03. The molecule has 0 atom stereocenters. The molecule has 1 aliphatic heterocycles. The van der Waals surface area contributed by atoms with E-state index in [1.807, 2.05) is 50.3 Å². The van der Waals surface area contributed by atoms with Gasteiger partial charge in [0.25, 0.3) is 5.91 Å². The molecule has 2 heterocycles. The molecule has 4 rings (SSSR count). The number of carbonyl (C=O) groups is 1. The summed E-state index contributed by atoms with van der Waals surface area (Å²) >= 11 is 0. The van der Waals surface area contributed by atoms with Gasteiger partial charge in [-0.1, -0.05) is 50.2 Å².